The van der Waals surface area contributed by atoms with Crippen LogP contribution in [-0.4, -0.2) is 37.1 Å². The van der Waals surface area contributed by atoms with Crippen LogP contribution < -0.4 is 0 Å². The molecule has 0 bridgehead atoms. The van der Waals surface area contributed by atoms with E-state index in [1.54, 1.807) is 0 Å². The summed E-state index contributed by atoms with van der Waals surface area (Å²) in [7, 11) is 1.50. The molecular formula is C13H21NO2. The van der Waals surface area contributed by atoms with E-state index in [-0.39, 0.29) is 11.9 Å². The molecule has 3 aliphatic rings. The smallest absolute Gasteiger partial charge is 0.310 e. The summed E-state index contributed by atoms with van der Waals surface area (Å²) in [5.41, 5.74) is 0. The highest BCUT2D eigenvalue weighted by Gasteiger charge is 2.46. The van der Waals surface area contributed by atoms with E-state index in [1.165, 1.54) is 32.8 Å². The zero-order valence-corrected chi connectivity index (χ0v) is 10.0. The Labute approximate surface area is 97.1 Å². The first-order valence-electron chi connectivity index (χ1n) is 6.61. The number of carbonyl (C=O) groups excluding carboxylic acids is 1. The highest BCUT2D eigenvalue weighted by atomic mass is 16.5. The van der Waals surface area contributed by atoms with Crippen LogP contribution >= 0.6 is 0 Å². The normalized spacial score (nSPS) is 31.0. The first kappa shape index (κ1) is 10.6. The fourth-order valence-electron chi connectivity index (χ4n) is 3.27. The molecule has 1 saturated heterocycles. The minimum atomic E-state index is -0.00663. The molecule has 1 aliphatic heterocycles. The van der Waals surface area contributed by atoms with Crippen LogP contribution in [0.3, 0.4) is 0 Å². The maximum atomic E-state index is 11.5. The summed E-state index contributed by atoms with van der Waals surface area (Å²) in [4.78, 5) is 14.1. The van der Waals surface area contributed by atoms with Crippen LogP contribution in [0.25, 0.3) is 0 Å². The first-order valence-corrected chi connectivity index (χ1v) is 6.61. The number of ether oxygens (including phenoxy) is 1. The predicted octanol–water partition coefficient (Wildman–Crippen LogP) is 1.67. The maximum absolute atomic E-state index is 11.5. The molecule has 3 heteroatoms. The van der Waals surface area contributed by atoms with Crippen LogP contribution in [0.1, 0.15) is 32.1 Å². The number of methoxy groups -OCH3 is 1. The Hall–Kier alpha value is -0.570. The van der Waals surface area contributed by atoms with Gasteiger partial charge in [-0.2, -0.15) is 0 Å². The number of rotatable bonds is 4. The molecule has 0 aromatic heterocycles. The van der Waals surface area contributed by atoms with Crippen molar-refractivity contribution in [2.45, 2.75) is 38.1 Å². The van der Waals surface area contributed by atoms with E-state index in [0.717, 1.165) is 37.4 Å². The van der Waals surface area contributed by atoms with E-state index in [1.807, 2.05) is 0 Å². The molecule has 0 aromatic carbocycles. The van der Waals surface area contributed by atoms with Gasteiger partial charge in [0.15, 0.2) is 0 Å². The van der Waals surface area contributed by atoms with E-state index >= 15 is 0 Å². The highest BCUT2D eigenvalue weighted by molar-refractivity contribution is 5.72. The van der Waals surface area contributed by atoms with E-state index in [2.05, 4.69) is 4.90 Å². The van der Waals surface area contributed by atoms with Gasteiger partial charge < -0.3 is 4.74 Å². The number of nitrogens with zero attached hydrogens (tertiary/aromatic N) is 1. The summed E-state index contributed by atoms with van der Waals surface area (Å²) >= 11 is 0. The van der Waals surface area contributed by atoms with Crippen LogP contribution in [0.15, 0.2) is 0 Å². The van der Waals surface area contributed by atoms with Crippen LogP contribution in [0.5, 0.6) is 0 Å². The Balaban J connectivity index is 1.60. The van der Waals surface area contributed by atoms with Crippen molar-refractivity contribution >= 4 is 5.97 Å². The molecule has 1 atom stereocenters. The lowest BCUT2D eigenvalue weighted by Gasteiger charge is -2.27. The van der Waals surface area contributed by atoms with Crippen molar-refractivity contribution in [2.75, 3.05) is 20.2 Å². The van der Waals surface area contributed by atoms with Gasteiger partial charge >= 0.3 is 5.97 Å². The van der Waals surface area contributed by atoms with Crippen LogP contribution in [-0.2, 0) is 9.53 Å². The number of hydrogen-bond donors (Lipinski definition) is 0. The summed E-state index contributed by atoms with van der Waals surface area (Å²) < 4.78 is 4.85. The Kier molecular flexibility index (Phi) is 2.66. The summed E-state index contributed by atoms with van der Waals surface area (Å²) in [6, 6.07) is 0.801. The number of esters is 1. The van der Waals surface area contributed by atoms with Crippen LogP contribution in [0.2, 0.25) is 0 Å². The SMILES string of the molecule is COC(=O)C1CCN(C(C2CC2)C2CC2)C1. The Bertz CT molecular complexity index is 272. The van der Waals surface area contributed by atoms with Crippen molar-refractivity contribution in [1.29, 1.82) is 0 Å². The molecule has 2 saturated carbocycles. The molecular weight excluding hydrogens is 202 g/mol. The van der Waals surface area contributed by atoms with Crippen molar-refractivity contribution in [3.05, 3.63) is 0 Å². The number of hydrogen-bond acceptors (Lipinski definition) is 3. The molecule has 0 aromatic rings. The van der Waals surface area contributed by atoms with E-state index in [9.17, 15) is 4.79 Å². The molecule has 16 heavy (non-hydrogen) atoms. The van der Waals surface area contributed by atoms with Crippen molar-refractivity contribution in [2.24, 2.45) is 17.8 Å². The molecule has 1 unspecified atom stereocenters. The van der Waals surface area contributed by atoms with Gasteiger partial charge in [0.05, 0.1) is 13.0 Å². The van der Waals surface area contributed by atoms with Crippen molar-refractivity contribution in [3.8, 4) is 0 Å². The van der Waals surface area contributed by atoms with Gasteiger partial charge in [-0.3, -0.25) is 9.69 Å². The van der Waals surface area contributed by atoms with Gasteiger partial charge in [-0.1, -0.05) is 0 Å². The molecule has 2 aliphatic carbocycles. The molecule has 3 fully saturated rings. The fourth-order valence-corrected chi connectivity index (χ4v) is 3.27. The zero-order valence-electron chi connectivity index (χ0n) is 10.0. The molecule has 0 radical (unpaired) electrons. The lowest BCUT2D eigenvalue weighted by Crippen LogP contribution is -2.37. The Morgan fingerprint density at radius 2 is 1.81 bits per heavy atom. The standard InChI is InChI=1S/C13H21NO2/c1-16-13(15)11-6-7-14(8-11)12(9-2-3-9)10-4-5-10/h9-12H,2-8H2,1H3. The third-order valence-electron chi connectivity index (χ3n) is 4.39. The number of carbonyl (C=O) groups is 1. The summed E-state index contributed by atoms with van der Waals surface area (Å²) in [5.74, 6) is 2.03. The lowest BCUT2D eigenvalue weighted by atomic mass is 10.1. The third-order valence-corrected chi connectivity index (χ3v) is 4.39. The molecule has 3 rings (SSSR count). The van der Waals surface area contributed by atoms with Gasteiger partial charge in [-0.25, -0.2) is 0 Å². The Morgan fingerprint density at radius 3 is 2.31 bits per heavy atom. The largest absolute Gasteiger partial charge is 0.469 e. The second-order valence-electron chi connectivity index (χ2n) is 5.67. The van der Waals surface area contributed by atoms with E-state index in [0.29, 0.717) is 0 Å². The zero-order chi connectivity index (χ0) is 11.1. The summed E-state index contributed by atoms with van der Waals surface area (Å²) in [5, 5.41) is 0. The molecule has 0 N–H and O–H groups in total. The summed E-state index contributed by atoms with van der Waals surface area (Å²) in [6.45, 7) is 2.06. The maximum Gasteiger partial charge on any atom is 0.310 e. The van der Waals surface area contributed by atoms with Crippen molar-refractivity contribution < 1.29 is 9.53 Å². The fraction of sp³-hybridized carbons (Fsp3) is 0.923. The second kappa shape index (κ2) is 4.02. The minimum absolute atomic E-state index is 0.00663. The Morgan fingerprint density at radius 1 is 1.19 bits per heavy atom. The topological polar surface area (TPSA) is 29.5 Å². The van der Waals surface area contributed by atoms with E-state index < -0.39 is 0 Å². The van der Waals surface area contributed by atoms with E-state index in [4.69, 9.17) is 4.74 Å². The van der Waals surface area contributed by atoms with Gasteiger partial charge in [0.25, 0.3) is 0 Å². The van der Waals surface area contributed by atoms with Gasteiger partial charge in [0.1, 0.15) is 0 Å². The highest BCUT2D eigenvalue weighted by Crippen LogP contribution is 2.48. The van der Waals surface area contributed by atoms with Gasteiger partial charge in [-0.15, -0.1) is 0 Å². The van der Waals surface area contributed by atoms with Gasteiger partial charge in [0, 0.05) is 12.6 Å². The lowest BCUT2D eigenvalue weighted by molar-refractivity contribution is -0.145. The van der Waals surface area contributed by atoms with Gasteiger partial charge in [-0.05, 0) is 50.5 Å². The molecule has 90 valence electrons. The summed E-state index contributed by atoms with van der Waals surface area (Å²) in [6.07, 6.45) is 6.67. The molecule has 0 amide bonds. The van der Waals surface area contributed by atoms with Crippen molar-refractivity contribution in [3.63, 3.8) is 0 Å². The molecule has 1 heterocycles. The monoisotopic (exact) mass is 223 g/mol. The van der Waals surface area contributed by atoms with Gasteiger partial charge in [0.2, 0.25) is 0 Å². The van der Waals surface area contributed by atoms with Crippen LogP contribution in [0.4, 0.5) is 0 Å². The molecule has 0 spiro atoms. The molecule has 3 nitrogen and oxygen atoms in total. The average Bonchev–Trinajstić information content (AvgIpc) is 3.19. The van der Waals surface area contributed by atoms with Crippen molar-refractivity contribution in [1.82, 2.24) is 4.90 Å². The predicted molar refractivity (Wildman–Crippen MR) is 60.9 cm³/mol. The minimum Gasteiger partial charge on any atom is -0.469 e. The number of likely N-dealkylation sites (tertiary alicyclic amines) is 1. The second-order valence-corrected chi connectivity index (χ2v) is 5.67. The average molecular weight is 223 g/mol. The quantitative estimate of drug-likeness (QED) is 0.679. The van der Waals surface area contributed by atoms with Crippen LogP contribution in [0, 0.1) is 17.8 Å². The first-order chi connectivity index (χ1) is 7.79. The third kappa shape index (κ3) is 1.97.